The van der Waals surface area contributed by atoms with Crippen LogP contribution in [0.1, 0.15) is 37.0 Å². The Morgan fingerprint density at radius 1 is 1.29 bits per heavy atom. The first-order valence-electron chi connectivity index (χ1n) is 11.1. The number of nitrogens with one attached hydrogen (secondary N) is 1. The van der Waals surface area contributed by atoms with E-state index in [9.17, 15) is 14.7 Å². The van der Waals surface area contributed by atoms with Gasteiger partial charge >= 0.3 is 6.09 Å². The van der Waals surface area contributed by atoms with Crippen molar-refractivity contribution >= 4 is 40.3 Å². The van der Waals surface area contributed by atoms with Crippen LogP contribution in [0.25, 0.3) is 22.0 Å². The van der Waals surface area contributed by atoms with Crippen LogP contribution in [0, 0.1) is 5.82 Å². The molecule has 0 spiro atoms. The van der Waals surface area contributed by atoms with Gasteiger partial charge in [-0.3, -0.25) is 9.48 Å². The maximum Gasteiger partial charge on any atom is 0.404 e. The van der Waals surface area contributed by atoms with Crippen molar-refractivity contribution in [2.75, 3.05) is 18.0 Å². The molecule has 5 N–H and O–H groups in total. The van der Waals surface area contributed by atoms with Gasteiger partial charge in [0.25, 0.3) is 0 Å². The van der Waals surface area contributed by atoms with E-state index in [0.29, 0.717) is 42.7 Å². The summed E-state index contributed by atoms with van der Waals surface area (Å²) in [5.74, 6) is -1.03. The summed E-state index contributed by atoms with van der Waals surface area (Å²) in [6, 6.07) is 4.11. The molecule has 0 unspecified atom stereocenters. The molecule has 1 aliphatic heterocycles. The number of aliphatic hydroxyl groups is 1. The molecule has 12 heteroatoms. The van der Waals surface area contributed by atoms with Crippen LogP contribution >= 0.6 is 11.6 Å². The monoisotopic (exact) mass is 504 g/mol. The van der Waals surface area contributed by atoms with E-state index < -0.39 is 23.4 Å². The summed E-state index contributed by atoms with van der Waals surface area (Å²) in [6.07, 6.45) is 1.58. The van der Waals surface area contributed by atoms with E-state index >= 15 is 4.39 Å². The summed E-state index contributed by atoms with van der Waals surface area (Å²) in [5.41, 5.74) is 5.24. The molecule has 0 bridgehead atoms. The van der Waals surface area contributed by atoms with Crippen molar-refractivity contribution in [1.82, 2.24) is 20.1 Å². The molecule has 1 saturated heterocycles. The molecule has 10 nitrogen and oxygen atoms in total. The molecule has 35 heavy (non-hydrogen) atoms. The van der Waals surface area contributed by atoms with Crippen LogP contribution in [0.15, 0.2) is 24.4 Å². The Morgan fingerprint density at radius 3 is 2.57 bits per heavy atom. The Labute approximate surface area is 205 Å². The van der Waals surface area contributed by atoms with Gasteiger partial charge in [-0.05, 0) is 38.8 Å². The van der Waals surface area contributed by atoms with Crippen LogP contribution in [-0.2, 0) is 6.54 Å². The predicted molar refractivity (Wildman–Crippen MR) is 129 cm³/mol. The van der Waals surface area contributed by atoms with Gasteiger partial charge in [0.1, 0.15) is 16.8 Å². The third-order valence-electron chi connectivity index (χ3n) is 5.91. The zero-order chi connectivity index (χ0) is 25.5. The summed E-state index contributed by atoms with van der Waals surface area (Å²) in [6.45, 7) is 4.40. The number of benzene rings is 1. The van der Waals surface area contributed by atoms with Crippen molar-refractivity contribution in [3.05, 3.63) is 40.9 Å². The van der Waals surface area contributed by atoms with E-state index in [-0.39, 0.29) is 34.4 Å². The van der Waals surface area contributed by atoms with Crippen molar-refractivity contribution in [2.24, 2.45) is 5.73 Å². The Hall–Kier alpha value is -3.44. The Balaban J connectivity index is 1.71. The van der Waals surface area contributed by atoms with E-state index in [1.54, 1.807) is 20.0 Å². The zero-order valence-electron chi connectivity index (χ0n) is 19.3. The molecule has 0 saturated carbocycles. The number of rotatable bonds is 6. The molecule has 2 aromatic heterocycles. The number of anilines is 1. The summed E-state index contributed by atoms with van der Waals surface area (Å²) in [7, 11) is 0. The second-order valence-electron chi connectivity index (χ2n) is 9.27. The molecule has 4 rings (SSSR count). The lowest BCUT2D eigenvalue weighted by atomic mass is 9.98. The maximum atomic E-state index is 15.3. The molecule has 0 radical (unpaired) electrons. The summed E-state index contributed by atoms with van der Waals surface area (Å²) in [4.78, 5) is 29.5. The molecule has 0 atom stereocenters. The van der Waals surface area contributed by atoms with E-state index in [2.05, 4.69) is 15.4 Å². The number of primary amides is 1. The number of fused-ring (bicyclic) bond motifs is 1. The smallest absolute Gasteiger partial charge is 0.404 e. The molecule has 1 fully saturated rings. The molecule has 3 aromatic rings. The molecular formula is C23H26ClFN6O4. The Bertz CT molecular complexity index is 1300. The first-order valence-corrected chi connectivity index (χ1v) is 11.4. The van der Waals surface area contributed by atoms with Crippen LogP contribution in [0.5, 0.6) is 0 Å². The number of nitrogens with zero attached hydrogens (tertiary/aromatic N) is 4. The standard InChI is InChI=1S/C23H26ClFN6O4/c1-23(2,35)11-31-17-9-16(25)14(7-12(17)10-27-31)19-15(21(26)32)8-18(29-20(19)24)30-5-3-13(4-6-30)28-22(33)34/h7-10,13,28,35H,3-6,11H2,1-2H3,(H2,26,32)(H,33,34). The van der Waals surface area contributed by atoms with Crippen LogP contribution in [0.3, 0.4) is 0 Å². The number of piperidine rings is 1. The van der Waals surface area contributed by atoms with Crippen molar-refractivity contribution in [1.29, 1.82) is 0 Å². The van der Waals surface area contributed by atoms with Crippen molar-refractivity contribution in [3.8, 4) is 11.1 Å². The van der Waals surface area contributed by atoms with E-state index in [1.165, 1.54) is 22.9 Å². The summed E-state index contributed by atoms with van der Waals surface area (Å²) >= 11 is 6.49. The highest BCUT2D eigenvalue weighted by Gasteiger charge is 2.26. The SMILES string of the molecule is CC(C)(O)Cn1ncc2cc(-c3c(C(N)=O)cc(N4CCC(NC(=O)O)CC4)nc3Cl)c(F)cc21. The van der Waals surface area contributed by atoms with E-state index in [1.807, 2.05) is 4.90 Å². The van der Waals surface area contributed by atoms with Gasteiger partial charge < -0.3 is 26.2 Å². The van der Waals surface area contributed by atoms with Crippen LogP contribution in [0.2, 0.25) is 5.15 Å². The number of halogens is 2. The molecule has 3 heterocycles. The third kappa shape index (κ3) is 5.30. The molecular weight excluding hydrogens is 479 g/mol. The van der Waals surface area contributed by atoms with Gasteiger partial charge in [0.15, 0.2) is 0 Å². The second-order valence-corrected chi connectivity index (χ2v) is 9.63. The van der Waals surface area contributed by atoms with Crippen LogP contribution in [-0.4, -0.2) is 61.7 Å². The average Bonchev–Trinajstić information content (AvgIpc) is 3.12. The highest BCUT2D eigenvalue weighted by molar-refractivity contribution is 6.33. The zero-order valence-corrected chi connectivity index (χ0v) is 20.0. The molecule has 1 aliphatic rings. The fraction of sp³-hybridized carbons (Fsp3) is 0.391. The lowest BCUT2D eigenvalue weighted by molar-refractivity contribution is 0.0591. The first kappa shape index (κ1) is 24.7. The number of pyridine rings is 1. The minimum Gasteiger partial charge on any atom is -0.465 e. The number of hydrogen-bond donors (Lipinski definition) is 4. The minimum absolute atomic E-state index is 0.0212. The number of nitrogens with two attached hydrogens (primary N) is 1. The lowest BCUT2D eigenvalue weighted by Gasteiger charge is -2.33. The van der Waals surface area contributed by atoms with Gasteiger partial charge in [0.2, 0.25) is 5.91 Å². The second kappa shape index (κ2) is 9.31. The quantitative estimate of drug-likeness (QED) is 0.377. The van der Waals surface area contributed by atoms with Gasteiger partial charge in [-0.1, -0.05) is 11.6 Å². The maximum absolute atomic E-state index is 15.3. The fourth-order valence-electron chi connectivity index (χ4n) is 4.33. The largest absolute Gasteiger partial charge is 0.465 e. The van der Waals surface area contributed by atoms with Crippen LogP contribution in [0.4, 0.5) is 15.0 Å². The number of carbonyl (C=O) groups excluding carboxylic acids is 1. The average molecular weight is 505 g/mol. The summed E-state index contributed by atoms with van der Waals surface area (Å²) < 4.78 is 16.8. The summed E-state index contributed by atoms with van der Waals surface area (Å²) in [5, 5.41) is 26.2. The first-order chi connectivity index (χ1) is 16.4. The highest BCUT2D eigenvalue weighted by atomic mass is 35.5. The molecule has 2 amide bonds. The fourth-order valence-corrected chi connectivity index (χ4v) is 4.62. The van der Waals surface area contributed by atoms with Crippen molar-refractivity contribution < 1.29 is 24.2 Å². The number of hydrogen-bond acceptors (Lipinski definition) is 6. The van der Waals surface area contributed by atoms with Gasteiger partial charge in [-0.25, -0.2) is 14.2 Å². The van der Waals surface area contributed by atoms with E-state index in [4.69, 9.17) is 22.4 Å². The number of carbonyl (C=O) groups is 2. The van der Waals surface area contributed by atoms with Gasteiger partial charge in [0, 0.05) is 41.7 Å². The van der Waals surface area contributed by atoms with Crippen molar-refractivity contribution in [3.63, 3.8) is 0 Å². The molecule has 0 aliphatic carbocycles. The molecule has 186 valence electrons. The Kier molecular flexibility index (Phi) is 6.56. The van der Waals surface area contributed by atoms with Gasteiger partial charge in [-0.2, -0.15) is 5.10 Å². The third-order valence-corrected chi connectivity index (χ3v) is 6.18. The topological polar surface area (TPSA) is 147 Å². The van der Waals surface area contributed by atoms with Gasteiger partial charge in [-0.15, -0.1) is 0 Å². The van der Waals surface area contributed by atoms with Gasteiger partial charge in [0.05, 0.1) is 29.4 Å². The van der Waals surface area contributed by atoms with Crippen molar-refractivity contribution in [2.45, 2.75) is 44.9 Å². The number of carboxylic acid groups (broad SMARTS) is 1. The number of amides is 2. The number of aromatic nitrogens is 3. The predicted octanol–water partition coefficient (Wildman–Crippen LogP) is 3.00. The highest BCUT2D eigenvalue weighted by Crippen LogP contribution is 2.37. The minimum atomic E-state index is -1.07. The Morgan fingerprint density at radius 2 is 1.97 bits per heavy atom. The van der Waals surface area contributed by atoms with E-state index in [0.717, 1.165) is 0 Å². The van der Waals surface area contributed by atoms with Crippen LogP contribution < -0.4 is 16.0 Å². The molecule has 1 aromatic carbocycles. The normalized spacial score (nSPS) is 14.9. The lowest BCUT2D eigenvalue weighted by Crippen LogP contribution is -2.44.